The van der Waals surface area contributed by atoms with Crippen LogP contribution in [0.4, 0.5) is 0 Å². The van der Waals surface area contributed by atoms with Gasteiger partial charge in [0.1, 0.15) is 11.8 Å². The van der Waals surface area contributed by atoms with Crippen LogP contribution in [0.1, 0.15) is 51.0 Å². The summed E-state index contributed by atoms with van der Waals surface area (Å²) in [5, 5.41) is 12.3. The van der Waals surface area contributed by atoms with Crippen LogP contribution in [0, 0.1) is 0 Å². The first-order chi connectivity index (χ1) is 11.7. The molecule has 2 N–H and O–H groups in total. The third kappa shape index (κ3) is 9.18. The fraction of sp³-hybridized carbons (Fsp3) is 0.632. The summed E-state index contributed by atoms with van der Waals surface area (Å²) in [5.41, 5.74) is 1.07. The van der Waals surface area contributed by atoms with E-state index >= 15 is 0 Å². The number of benzene rings is 1. The molecule has 0 aliphatic heterocycles. The molecule has 4 nitrogen and oxygen atoms in total. The van der Waals surface area contributed by atoms with E-state index < -0.39 is 12.0 Å². The number of rotatable bonds is 14. The molecule has 0 spiro atoms. The average molecular weight is 354 g/mol. The SMILES string of the molecule is CCCCCCCOc1ccc(CN[C@H](CCSC)C(=O)O)cc1. The van der Waals surface area contributed by atoms with Gasteiger partial charge < -0.3 is 15.2 Å². The standard InChI is InChI=1S/C19H31NO3S/c1-3-4-5-6-7-13-23-17-10-8-16(9-11-17)15-20-18(19(21)22)12-14-24-2/h8-11,18,20H,3-7,12-15H2,1-2H3,(H,21,22)/t18-/m1/s1. The molecule has 0 amide bonds. The number of ether oxygens (including phenoxy) is 1. The second-order valence-corrected chi connectivity index (χ2v) is 6.95. The molecule has 0 fully saturated rings. The van der Waals surface area contributed by atoms with Crippen molar-refractivity contribution in [2.75, 3.05) is 18.6 Å². The molecule has 0 saturated heterocycles. The van der Waals surface area contributed by atoms with Crippen molar-refractivity contribution in [3.63, 3.8) is 0 Å². The Balaban J connectivity index is 2.29. The fourth-order valence-electron chi connectivity index (χ4n) is 2.39. The van der Waals surface area contributed by atoms with E-state index in [1.807, 2.05) is 30.5 Å². The summed E-state index contributed by atoms with van der Waals surface area (Å²) in [6.45, 7) is 3.54. The molecule has 24 heavy (non-hydrogen) atoms. The highest BCUT2D eigenvalue weighted by Gasteiger charge is 2.15. The van der Waals surface area contributed by atoms with Crippen LogP contribution in [-0.4, -0.2) is 35.7 Å². The lowest BCUT2D eigenvalue weighted by Crippen LogP contribution is -2.36. The summed E-state index contributed by atoms with van der Waals surface area (Å²) in [6, 6.07) is 7.41. The van der Waals surface area contributed by atoms with Gasteiger partial charge in [-0.05, 0) is 42.5 Å². The second-order valence-electron chi connectivity index (χ2n) is 5.96. The quantitative estimate of drug-likeness (QED) is 0.488. The van der Waals surface area contributed by atoms with E-state index in [0.29, 0.717) is 13.0 Å². The summed E-state index contributed by atoms with van der Waals surface area (Å²) in [7, 11) is 0. The van der Waals surface area contributed by atoms with Gasteiger partial charge in [0.2, 0.25) is 0 Å². The van der Waals surface area contributed by atoms with Gasteiger partial charge in [0, 0.05) is 6.54 Å². The molecule has 0 bridgehead atoms. The Hall–Kier alpha value is -1.20. The molecule has 5 heteroatoms. The zero-order chi connectivity index (χ0) is 17.6. The van der Waals surface area contributed by atoms with E-state index in [1.54, 1.807) is 11.8 Å². The maximum Gasteiger partial charge on any atom is 0.320 e. The molecule has 0 radical (unpaired) electrons. The topological polar surface area (TPSA) is 58.6 Å². The van der Waals surface area contributed by atoms with E-state index in [0.717, 1.165) is 30.1 Å². The molecule has 1 aromatic carbocycles. The highest BCUT2D eigenvalue weighted by atomic mass is 32.2. The van der Waals surface area contributed by atoms with E-state index in [1.165, 1.54) is 25.7 Å². The molecule has 136 valence electrons. The predicted molar refractivity (Wildman–Crippen MR) is 102 cm³/mol. The maximum atomic E-state index is 11.2. The fourth-order valence-corrected chi connectivity index (χ4v) is 2.86. The minimum atomic E-state index is -0.785. The van der Waals surface area contributed by atoms with Crippen LogP contribution in [0.15, 0.2) is 24.3 Å². The van der Waals surface area contributed by atoms with E-state index in [9.17, 15) is 9.90 Å². The van der Waals surface area contributed by atoms with Crippen LogP contribution in [0.5, 0.6) is 5.75 Å². The number of thioether (sulfide) groups is 1. The van der Waals surface area contributed by atoms with Gasteiger partial charge in [-0.1, -0.05) is 44.7 Å². The number of hydrogen-bond donors (Lipinski definition) is 2. The molecule has 0 aliphatic rings. The third-order valence-electron chi connectivity index (χ3n) is 3.90. The smallest absolute Gasteiger partial charge is 0.320 e. The Bertz CT molecular complexity index is 450. The van der Waals surface area contributed by atoms with Crippen LogP contribution in [0.25, 0.3) is 0 Å². The number of carboxylic acids is 1. The van der Waals surface area contributed by atoms with Gasteiger partial charge in [0.25, 0.3) is 0 Å². The van der Waals surface area contributed by atoms with Crippen molar-refractivity contribution in [1.82, 2.24) is 5.32 Å². The molecule has 1 aromatic rings. The van der Waals surface area contributed by atoms with Crippen molar-refractivity contribution in [3.8, 4) is 5.75 Å². The van der Waals surface area contributed by atoms with Gasteiger partial charge in [-0.3, -0.25) is 4.79 Å². The van der Waals surface area contributed by atoms with Gasteiger partial charge in [0.15, 0.2) is 0 Å². The molecule has 1 atom stereocenters. The van der Waals surface area contributed by atoms with Crippen molar-refractivity contribution in [1.29, 1.82) is 0 Å². The maximum absolute atomic E-state index is 11.2. The Morgan fingerprint density at radius 3 is 2.54 bits per heavy atom. The van der Waals surface area contributed by atoms with Crippen LogP contribution in [0.3, 0.4) is 0 Å². The zero-order valence-corrected chi connectivity index (χ0v) is 15.7. The van der Waals surface area contributed by atoms with Crippen molar-refractivity contribution in [3.05, 3.63) is 29.8 Å². The minimum Gasteiger partial charge on any atom is -0.494 e. The summed E-state index contributed by atoms with van der Waals surface area (Å²) >= 11 is 1.66. The number of carbonyl (C=O) groups is 1. The van der Waals surface area contributed by atoms with Crippen LogP contribution >= 0.6 is 11.8 Å². The lowest BCUT2D eigenvalue weighted by atomic mass is 10.1. The largest absolute Gasteiger partial charge is 0.494 e. The number of nitrogens with one attached hydrogen (secondary N) is 1. The molecule has 0 unspecified atom stereocenters. The van der Waals surface area contributed by atoms with Crippen LogP contribution in [-0.2, 0) is 11.3 Å². The Labute approximate surface area is 150 Å². The van der Waals surface area contributed by atoms with Gasteiger partial charge in [0.05, 0.1) is 6.61 Å². The first-order valence-corrected chi connectivity index (χ1v) is 10.2. The Kier molecular flexibility index (Phi) is 11.4. The number of hydrogen-bond acceptors (Lipinski definition) is 4. The first-order valence-electron chi connectivity index (χ1n) is 8.84. The van der Waals surface area contributed by atoms with Crippen molar-refractivity contribution >= 4 is 17.7 Å². The summed E-state index contributed by atoms with van der Waals surface area (Å²) in [4.78, 5) is 11.2. The highest BCUT2D eigenvalue weighted by Crippen LogP contribution is 2.13. The number of carboxylic acid groups (broad SMARTS) is 1. The van der Waals surface area contributed by atoms with Crippen LogP contribution in [0.2, 0.25) is 0 Å². The molecular formula is C19H31NO3S. The minimum absolute atomic E-state index is 0.489. The number of unbranched alkanes of at least 4 members (excludes halogenated alkanes) is 4. The average Bonchev–Trinajstić information content (AvgIpc) is 2.59. The zero-order valence-electron chi connectivity index (χ0n) is 14.9. The van der Waals surface area contributed by atoms with Gasteiger partial charge in [-0.15, -0.1) is 0 Å². The van der Waals surface area contributed by atoms with E-state index in [-0.39, 0.29) is 0 Å². The molecular weight excluding hydrogens is 322 g/mol. The molecule has 0 saturated carbocycles. The molecule has 0 aliphatic carbocycles. The molecule has 1 rings (SSSR count). The predicted octanol–water partition coefficient (Wildman–Crippen LogP) is 4.33. The van der Waals surface area contributed by atoms with E-state index in [4.69, 9.17) is 4.74 Å². The normalized spacial score (nSPS) is 12.1. The Morgan fingerprint density at radius 1 is 1.21 bits per heavy atom. The second kappa shape index (κ2) is 13.1. The molecule has 0 aromatic heterocycles. The van der Waals surface area contributed by atoms with Crippen molar-refractivity contribution in [2.24, 2.45) is 0 Å². The van der Waals surface area contributed by atoms with E-state index in [2.05, 4.69) is 12.2 Å². The van der Waals surface area contributed by atoms with Crippen molar-refractivity contribution < 1.29 is 14.6 Å². The van der Waals surface area contributed by atoms with Crippen molar-refractivity contribution in [2.45, 2.75) is 58.0 Å². The van der Waals surface area contributed by atoms with Gasteiger partial charge in [-0.2, -0.15) is 11.8 Å². The van der Waals surface area contributed by atoms with Gasteiger partial charge >= 0.3 is 5.97 Å². The monoisotopic (exact) mass is 353 g/mol. The lowest BCUT2D eigenvalue weighted by molar-refractivity contribution is -0.139. The summed E-state index contributed by atoms with van der Waals surface area (Å²) < 4.78 is 5.74. The highest BCUT2D eigenvalue weighted by molar-refractivity contribution is 7.98. The lowest BCUT2D eigenvalue weighted by Gasteiger charge is -2.14. The summed E-state index contributed by atoms with van der Waals surface area (Å²) in [5.74, 6) is 0.938. The summed E-state index contributed by atoms with van der Waals surface area (Å²) in [6.07, 6.45) is 8.79. The molecule has 0 heterocycles. The first kappa shape index (κ1) is 20.8. The van der Waals surface area contributed by atoms with Gasteiger partial charge in [-0.25, -0.2) is 0 Å². The Morgan fingerprint density at radius 2 is 1.92 bits per heavy atom. The van der Waals surface area contributed by atoms with Crippen LogP contribution < -0.4 is 10.1 Å². The number of aliphatic carboxylic acids is 1. The third-order valence-corrected chi connectivity index (χ3v) is 4.55.